The average molecular weight is 863 g/mol. The van der Waals surface area contributed by atoms with Crippen LogP contribution in [0.1, 0.15) is 181 Å². The molecule has 4 bridgehead atoms. The SMILES string of the molecule is CC(C)c1cccc(C(C)C)c1N1[C@H](B2Oc3ccccc3O2)[C@]2(C)CC[C@@]1(C)C[C@@H]2C.CC(C)c1cccc(C(C)C)c1N1[C@H](B2Oc3ccccc3O2)[C@]2(C)CC[C@@]1(C)C[C@@H]2C. The van der Waals surface area contributed by atoms with Gasteiger partial charge in [-0.1, -0.05) is 144 Å². The highest BCUT2D eigenvalue weighted by Gasteiger charge is 2.67. The van der Waals surface area contributed by atoms with Crippen molar-refractivity contribution in [2.45, 2.75) is 182 Å². The highest BCUT2D eigenvalue weighted by molar-refractivity contribution is 6.51. The predicted molar refractivity (Wildman–Crippen MR) is 268 cm³/mol. The minimum atomic E-state index is -0.292. The van der Waals surface area contributed by atoms with Crippen molar-refractivity contribution in [3.05, 3.63) is 107 Å². The lowest BCUT2D eigenvalue weighted by molar-refractivity contribution is 0.00684. The van der Waals surface area contributed by atoms with E-state index in [4.69, 9.17) is 18.6 Å². The first-order chi connectivity index (χ1) is 30.3. The smallest absolute Gasteiger partial charge is 0.522 e. The van der Waals surface area contributed by atoms with Crippen LogP contribution < -0.4 is 28.4 Å². The number of benzene rings is 4. The van der Waals surface area contributed by atoms with Crippen molar-refractivity contribution in [1.29, 1.82) is 0 Å². The van der Waals surface area contributed by atoms with E-state index in [1.54, 1.807) is 0 Å². The van der Waals surface area contributed by atoms with Crippen LogP contribution in [0.4, 0.5) is 11.4 Å². The first-order valence-corrected chi connectivity index (χ1v) is 25.0. The van der Waals surface area contributed by atoms with Gasteiger partial charge in [0, 0.05) is 22.5 Å². The molecule has 0 unspecified atom stereocenters. The van der Waals surface area contributed by atoms with Crippen LogP contribution in [-0.2, 0) is 0 Å². The maximum atomic E-state index is 6.55. The molecule has 0 aromatic heterocycles. The summed E-state index contributed by atoms with van der Waals surface area (Å²) < 4.78 is 26.2. The van der Waals surface area contributed by atoms with Gasteiger partial charge in [0.25, 0.3) is 0 Å². The summed E-state index contributed by atoms with van der Waals surface area (Å²) in [4.78, 5) is 5.55. The molecule has 0 spiro atoms. The van der Waals surface area contributed by atoms with E-state index in [0.29, 0.717) is 35.5 Å². The lowest BCUT2D eigenvalue weighted by atomic mass is 9.46. The molecule has 0 radical (unpaired) electrons. The Morgan fingerprint density at radius 2 is 0.719 bits per heavy atom. The first-order valence-electron chi connectivity index (χ1n) is 25.0. The summed E-state index contributed by atoms with van der Waals surface area (Å²) in [6, 6.07) is 30.1. The first kappa shape index (κ1) is 45.0. The third kappa shape index (κ3) is 7.13. The topological polar surface area (TPSA) is 43.4 Å². The molecule has 6 heterocycles. The second kappa shape index (κ2) is 16.3. The zero-order valence-electron chi connectivity index (χ0n) is 41.6. The summed E-state index contributed by atoms with van der Waals surface area (Å²) in [6.45, 7) is 33.4. The predicted octanol–water partition coefficient (Wildman–Crippen LogP) is 14.4. The summed E-state index contributed by atoms with van der Waals surface area (Å²) >= 11 is 0. The second-order valence-corrected chi connectivity index (χ2v) is 23.1. The van der Waals surface area contributed by atoms with Gasteiger partial charge < -0.3 is 28.4 Å². The van der Waals surface area contributed by atoms with Crippen molar-refractivity contribution in [3.8, 4) is 23.0 Å². The summed E-state index contributed by atoms with van der Waals surface area (Å²) in [6.07, 6.45) is 7.29. The molecule has 4 aromatic carbocycles. The van der Waals surface area contributed by atoms with Crippen molar-refractivity contribution in [2.75, 3.05) is 9.80 Å². The van der Waals surface area contributed by atoms with Gasteiger partial charge >= 0.3 is 14.2 Å². The number of para-hydroxylation sites is 6. The summed E-state index contributed by atoms with van der Waals surface area (Å²) in [7, 11) is -0.583. The number of hydrogen-bond donors (Lipinski definition) is 0. The molecular weight excluding hydrogens is 786 g/mol. The van der Waals surface area contributed by atoms with E-state index in [2.05, 4.69) is 143 Å². The van der Waals surface area contributed by atoms with Gasteiger partial charge in [-0.15, -0.1) is 0 Å². The van der Waals surface area contributed by atoms with E-state index < -0.39 is 0 Å². The number of fused-ring (bicyclic) bond motifs is 8. The number of hydrogen-bond acceptors (Lipinski definition) is 6. The number of nitrogens with zero attached hydrogens (tertiary/aromatic N) is 2. The van der Waals surface area contributed by atoms with Crippen molar-refractivity contribution in [1.82, 2.24) is 0 Å². The van der Waals surface area contributed by atoms with Gasteiger partial charge in [-0.05, 0) is 145 Å². The molecule has 2 saturated carbocycles. The Morgan fingerprint density at radius 1 is 0.438 bits per heavy atom. The molecular formula is C56H76B2N2O4. The van der Waals surface area contributed by atoms with Gasteiger partial charge in [0.15, 0.2) is 0 Å². The van der Waals surface area contributed by atoms with Crippen LogP contribution >= 0.6 is 0 Å². The number of piperidine rings is 4. The zero-order valence-corrected chi connectivity index (χ0v) is 41.6. The van der Waals surface area contributed by atoms with E-state index in [9.17, 15) is 0 Å². The van der Waals surface area contributed by atoms with Gasteiger partial charge in [-0.3, -0.25) is 0 Å². The van der Waals surface area contributed by atoms with Crippen molar-refractivity contribution < 1.29 is 18.6 Å². The van der Waals surface area contributed by atoms with Crippen LogP contribution in [0, 0.1) is 22.7 Å². The highest BCUT2D eigenvalue weighted by atomic mass is 16.6. The molecule has 6 aliphatic heterocycles. The standard InChI is InChI=1S/2C28H38BNO2/c2*1-18(2)21-11-10-12-22(19(3)4)25(21)30-26(28(7)16-15-27(30,6)17-20(28)5)29-31-23-13-8-9-14-24(23)32-29/h2*8-14,18-20,26H,15-17H2,1-7H3/t2*20-,26-,27-,28+/m00/s1. The van der Waals surface area contributed by atoms with Gasteiger partial charge in [0.1, 0.15) is 23.0 Å². The second-order valence-electron chi connectivity index (χ2n) is 23.1. The average Bonchev–Trinajstić information content (AvgIpc) is 3.88. The van der Waals surface area contributed by atoms with Crippen molar-refractivity contribution in [2.24, 2.45) is 22.7 Å². The van der Waals surface area contributed by atoms with Crippen LogP contribution in [0.5, 0.6) is 23.0 Å². The van der Waals surface area contributed by atoms with E-state index >= 15 is 0 Å². The monoisotopic (exact) mass is 863 g/mol. The summed E-state index contributed by atoms with van der Waals surface area (Å²) in [5, 5.41) is 0. The van der Waals surface area contributed by atoms with Crippen LogP contribution in [0.25, 0.3) is 0 Å². The third-order valence-electron chi connectivity index (χ3n) is 17.6. The van der Waals surface area contributed by atoms with Crippen molar-refractivity contribution in [3.63, 3.8) is 0 Å². The van der Waals surface area contributed by atoms with Gasteiger partial charge in [-0.25, -0.2) is 0 Å². The van der Waals surface area contributed by atoms with E-state index in [1.165, 1.54) is 72.2 Å². The van der Waals surface area contributed by atoms with Crippen LogP contribution in [0.3, 0.4) is 0 Å². The number of rotatable bonds is 8. The largest absolute Gasteiger partial charge is 0.619 e. The molecule has 64 heavy (non-hydrogen) atoms. The van der Waals surface area contributed by atoms with E-state index in [-0.39, 0.29) is 48.0 Å². The maximum absolute atomic E-state index is 6.55. The maximum Gasteiger partial charge on any atom is 0.619 e. The fraction of sp³-hybridized carbons (Fsp3) is 0.571. The molecule has 340 valence electrons. The quantitative estimate of drug-likeness (QED) is 0.164. The minimum absolute atomic E-state index is 0.0952. The van der Waals surface area contributed by atoms with E-state index in [1.807, 2.05) is 48.5 Å². The Balaban J connectivity index is 0.000000162. The van der Waals surface area contributed by atoms with Gasteiger partial charge in [-0.2, -0.15) is 0 Å². The number of anilines is 2. The molecule has 8 heteroatoms. The Kier molecular flexibility index (Phi) is 11.5. The molecule has 8 atom stereocenters. The molecule has 6 nitrogen and oxygen atoms in total. The van der Waals surface area contributed by atoms with Crippen LogP contribution in [0.15, 0.2) is 84.9 Å². The lowest BCUT2D eigenvalue weighted by Gasteiger charge is -2.66. The summed E-state index contributed by atoms with van der Waals surface area (Å²) in [5.41, 5.74) is 9.10. The van der Waals surface area contributed by atoms with Crippen molar-refractivity contribution >= 4 is 25.6 Å². The van der Waals surface area contributed by atoms with Crippen LogP contribution in [0.2, 0.25) is 0 Å². The van der Waals surface area contributed by atoms with E-state index in [0.717, 1.165) is 23.0 Å². The molecule has 0 N–H and O–H groups in total. The zero-order chi connectivity index (χ0) is 45.7. The molecule has 0 amide bonds. The summed E-state index contributed by atoms with van der Waals surface area (Å²) in [5.74, 6) is 6.90. The fourth-order valence-electron chi connectivity index (χ4n) is 13.5. The lowest BCUT2D eigenvalue weighted by Crippen LogP contribution is -2.74. The molecule has 4 saturated heterocycles. The van der Waals surface area contributed by atoms with Gasteiger partial charge in [0.2, 0.25) is 0 Å². The highest BCUT2D eigenvalue weighted by Crippen LogP contribution is 2.62. The fourth-order valence-corrected chi connectivity index (χ4v) is 13.5. The Bertz CT molecular complexity index is 2100. The van der Waals surface area contributed by atoms with Crippen LogP contribution in [-0.4, -0.2) is 37.2 Å². The Morgan fingerprint density at radius 3 is 0.969 bits per heavy atom. The minimum Gasteiger partial charge on any atom is -0.522 e. The molecule has 12 rings (SSSR count). The molecule has 4 aromatic rings. The Labute approximate surface area is 387 Å². The third-order valence-corrected chi connectivity index (χ3v) is 17.6. The normalized spacial score (nSPS) is 31.2. The molecule has 6 fully saturated rings. The molecule has 8 aliphatic rings. The van der Waals surface area contributed by atoms with Gasteiger partial charge in [0.05, 0.1) is 11.9 Å². The molecule has 2 aliphatic carbocycles. The Hall–Kier alpha value is -4.19.